The third-order valence-electron chi connectivity index (χ3n) is 2.81. The van der Waals surface area contributed by atoms with E-state index in [-0.39, 0.29) is 11.6 Å². The molecule has 7 heteroatoms. The first-order valence-corrected chi connectivity index (χ1v) is 6.98. The van der Waals surface area contributed by atoms with Crippen LogP contribution < -0.4 is 5.32 Å². The minimum atomic E-state index is -0.440. The van der Waals surface area contributed by atoms with Gasteiger partial charge in [0.05, 0.1) is 4.92 Å². The number of carbonyl (C=O) groups excluding carboxylic acids is 1. The Hall–Kier alpha value is -2.28. The number of nitro groups is 1. The molecule has 0 fully saturated rings. The zero-order valence-corrected chi connectivity index (χ0v) is 12.5. The summed E-state index contributed by atoms with van der Waals surface area (Å²) >= 11 is 3.25. The second-order valence-corrected chi connectivity index (χ2v) is 5.21. The molecule has 0 saturated heterocycles. The maximum Gasteiger partial charge on any atom is 0.269 e. The third kappa shape index (κ3) is 4.35. The van der Waals surface area contributed by atoms with Crippen molar-refractivity contribution in [3.8, 4) is 0 Å². The molecule has 21 heavy (non-hydrogen) atoms. The van der Waals surface area contributed by atoms with E-state index in [2.05, 4.69) is 26.2 Å². The molecule has 0 bridgehead atoms. The first-order chi connectivity index (χ1) is 10.1. The molecule has 1 aromatic heterocycles. The average Bonchev–Trinajstić information content (AvgIpc) is 2.48. The van der Waals surface area contributed by atoms with Crippen LogP contribution in [0.1, 0.15) is 16.1 Å². The average molecular weight is 350 g/mol. The molecule has 1 N–H and O–H groups in total. The third-order valence-corrected chi connectivity index (χ3v) is 3.28. The van der Waals surface area contributed by atoms with Gasteiger partial charge in [-0.1, -0.05) is 12.1 Å². The maximum absolute atomic E-state index is 11.8. The molecule has 1 aromatic carbocycles. The van der Waals surface area contributed by atoms with Gasteiger partial charge in [-0.15, -0.1) is 0 Å². The fourth-order valence-electron chi connectivity index (χ4n) is 1.71. The van der Waals surface area contributed by atoms with Crippen LogP contribution in [0.2, 0.25) is 0 Å². The number of halogens is 1. The molecule has 0 aliphatic rings. The fraction of sp³-hybridized carbons (Fsp3) is 0.143. The fourth-order valence-corrected chi connectivity index (χ4v) is 1.94. The van der Waals surface area contributed by atoms with Crippen molar-refractivity contribution in [2.24, 2.45) is 0 Å². The Labute approximate surface area is 129 Å². The predicted molar refractivity (Wildman–Crippen MR) is 81.1 cm³/mol. The van der Waals surface area contributed by atoms with Crippen LogP contribution in [0.25, 0.3) is 0 Å². The van der Waals surface area contributed by atoms with E-state index < -0.39 is 4.92 Å². The van der Waals surface area contributed by atoms with Crippen LogP contribution in [0, 0.1) is 10.1 Å². The summed E-state index contributed by atoms with van der Waals surface area (Å²) < 4.78 is 0.810. The number of pyridine rings is 1. The number of nitrogens with zero attached hydrogens (tertiary/aromatic N) is 2. The van der Waals surface area contributed by atoms with E-state index in [1.807, 2.05) is 0 Å². The highest BCUT2D eigenvalue weighted by Gasteiger charge is 2.07. The van der Waals surface area contributed by atoms with Crippen molar-refractivity contribution in [2.45, 2.75) is 6.42 Å². The van der Waals surface area contributed by atoms with Crippen LogP contribution in [0.4, 0.5) is 5.69 Å². The summed E-state index contributed by atoms with van der Waals surface area (Å²) in [7, 11) is 0. The second kappa shape index (κ2) is 6.94. The van der Waals surface area contributed by atoms with E-state index in [1.165, 1.54) is 12.1 Å². The van der Waals surface area contributed by atoms with E-state index in [0.29, 0.717) is 18.7 Å². The predicted octanol–water partition coefficient (Wildman–Crippen LogP) is 2.72. The highest BCUT2D eigenvalue weighted by molar-refractivity contribution is 9.10. The number of hydrogen-bond acceptors (Lipinski definition) is 4. The number of nitrogens with one attached hydrogen (secondary N) is 1. The zero-order valence-electron chi connectivity index (χ0n) is 11.0. The van der Waals surface area contributed by atoms with Crippen LogP contribution in [0.3, 0.4) is 0 Å². The van der Waals surface area contributed by atoms with Gasteiger partial charge in [0.2, 0.25) is 0 Å². The van der Waals surface area contributed by atoms with Crippen LogP contribution in [-0.4, -0.2) is 22.4 Å². The van der Waals surface area contributed by atoms with Crippen molar-refractivity contribution in [3.05, 3.63) is 68.4 Å². The van der Waals surface area contributed by atoms with Gasteiger partial charge in [-0.3, -0.25) is 14.9 Å². The summed E-state index contributed by atoms with van der Waals surface area (Å²) in [5.41, 5.74) is 1.33. The Balaban J connectivity index is 1.85. The highest BCUT2D eigenvalue weighted by Crippen LogP contribution is 2.12. The number of amides is 1. The van der Waals surface area contributed by atoms with Gasteiger partial charge in [0.25, 0.3) is 11.6 Å². The molecule has 2 rings (SSSR count). The first kappa shape index (κ1) is 15.1. The van der Waals surface area contributed by atoms with Gasteiger partial charge < -0.3 is 5.32 Å². The highest BCUT2D eigenvalue weighted by atomic mass is 79.9. The van der Waals surface area contributed by atoms with Crippen LogP contribution >= 0.6 is 15.9 Å². The molecule has 0 aliphatic carbocycles. The largest absolute Gasteiger partial charge is 0.350 e. The number of benzene rings is 1. The Morgan fingerprint density at radius 2 is 1.95 bits per heavy atom. The van der Waals surface area contributed by atoms with Crippen LogP contribution in [0.5, 0.6) is 0 Å². The summed E-state index contributed by atoms with van der Waals surface area (Å²) in [6.07, 6.45) is 2.16. The minimum absolute atomic E-state index is 0.0573. The summed E-state index contributed by atoms with van der Waals surface area (Å²) in [6.45, 7) is 0.439. The molecule has 6 nitrogen and oxygen atoms in total. The number of carbonyl (C=O) groups is 1. The van der Waals surface area contributed by atoms with Crippen molar-refractivity contribution in [2.75, 3.05) is 6.54 Å². The number of hydrogen-bond donors (Lipinski definition) is 1. The van der Waals surface area contributed by atoms with Crippen molar-refractivity contribution < 1.29 is 9.72 Å². The summed E-state index contributed by atoms with van der Waals surface area (Å²) in [5.74, 6) is -0.246. The SMILES string of the molecule is O=C(NCCc1ccc([N+](=O)[O-])cc1)c1ccc(Br)cn1. The van der Waals surface area contributed by atoms with Gasteiger partial charge in [0.1, 0.15) is 5.69 Å². The Morgan fingerprint density at radius 1 is 1.24 bits per heavy atom. The van der Waals surface area contributed by atoms with E-state index in [1.54, 1.807) is 30.5 Å². The zero-order chi connectivity index (χ0) is 15.2. The summed E-state index contributed by atoms with van der Waals surface area (Å²) in [5, 5.41) is 13.3. The van der Waals surface area contributed by atoms with Gasteiger partial charge in [0, 0.05) is 29.3 Å². The lowest BCUT2D eigenvalue weighted by atomic mass is 10.1. The van der Waals surface area contributed by atoms with Gasteiger partial charge in [-0.05, 0) is 40.0 Å². The second-order valence-electron chi connectivity index (χ2n) is 4.29. The monoisotopic (exact) mass is 349 g/mol. The number of aromatic nitrogens is 1. The van der Waals surface area contributed by atoms with Crippen molar-refractivity contribution in [3.63, 3.8) is 0 Å². The number of nitro benzene ring substituents is 1. The standard InChI is InChI=1S/C14H12BrN3O3/c15-11-3-6-13(17-9-11)14(19)16-8-7-10-1-4-12(5-2-10)18(20)21/h1-6,9H,7-8H2,(H,16,19). The van der Waals surface area contributed by atoms with E-state index in [9.17, 15) is 14.9 Å². The smallest absolute Gasteiger partial charge is 0.269 e. The van der Waals surface area contributed by atoms with Gasteiger partial charge in [-0.2, -0.15) is 0 Å². The molecule has 0 radical (unpaired) electrons. The minimum Gasteiger partial charge on any atom is -0.350 e. The Bertz CT molecular complexity index is 642. The molecule has 108 valence electrons. The Kier molecular flexibility index (Phi) is 4.99. The molecule has 0 unspecified atom stereocenters. The van der Waals surface area contributed by atoms with Gasteiger partial charge >= 0.3 is 0 Å². The van der Waals surface area contributed by atoms with Crippen molar-refractivity contribution >= 4 is 27.5 Å². The molecule has 1 heterocycles. The quantitative estimate of drug-likeness (QED) is 0.664. The van der Waals surface area contributed by atoms with Crippen LogP contribution in [-0.2, 0) is 6.42 Å². The van der Waals surface area contributed by atoms with Crippen molar-refractivity contribution in [1.29, 1.82) is 0 Å². The topological polar surface area (TPSA) is 85.1 Å². The van der Waals surface area contributed by atoms with Gasteiger partial charge in [0.15, 0.2) is 0 Å². The summed E-state index contributed by atoms with van der Waals surface area (Å²) in [4.78, 5) is 25.9. The van der Waals surface area contributed by atoms with E-state index >= 15 is 0 Å². The van der Waals surface area contributed by atoms with Gasteiger partial charge in [-0.25, -0.2) is 4.98 Å². The molecule has 0 spiro atoms. The van der Waals surface area contributed by atoms with E-state index in [4.69, 9.17) is 0 Å². The number of non-ortho nitro benzene ring substituents is 1. The summed E-state index contributed by atoms with van der Waals surface area (Å²) in [6, 6.07) is 9.65. The first-order valence-electron chi connectivity index (χ1n) is 6.19. The maximum atomic E-state index is 11.8. The lowest BCUT2D eigenvalue weighted by Gasteiger charge is -2.05. The molecule has 2 aromatic rings. The van der Waals surface area contributed by atoms with Crippen LogP contribution in [0.15, 0.2) is 47.1 Å². The molecule has 1 amide bonds. The van der Waals surface area contributed by atoms with Crippen molar-refractivity contribution in [1.82, 2.24) is 10.3 Å². The molecular weight excluding hydrogens is 338 g/mol. The van der Waals surface area contributed by atoms with E-state index in [0.717, 1.165) is 10.0 Å². The lowest BCUT2D eigenvalue weighted by molar-refractivity contribution is -0.384. The normalized spacial score (nSPS) is 10.1. The molecule has 0 saturated carbocycles. The molecule has 0 atom stereocenters. The molecular formula is C14H12BrN3O3. The Morgan fingerprint density at radius 3 is 2.52 bits per heavy atom. The molecule has 0 aliphatic heterocycles. The lowest BCUT2D eigenvalue weighted by Crippen LogP contribution is -2.26. The number of rotatable bonds is 5.